The quantitative estimate of drug-likeness (QED) is 0.443. The molecule has 0 aromatic heterocycles. The number of ketones is 1. The fraction of sp³-hybridized carbons (Fsp3) is 0.100. The highest BCUT2D eigenvalue weighted by atomic mass is 32.2. The zero-order chi connectivity index (χ0) is 20.6. The van der Waals surface area contributed by atoms with Crippen molar-refractivity contribution in [3.63, 3.8) is 0 Å². The molecule has 3 aromatic carbocycles. The molecule has 8 heteroatoms. The van der Waals surface area contributed by atoms with E-state index in [0.29, 0.717) is 16.3 Å². The van der Waals surface area contributed by atoms with E-state index >= 15 is 0 Å². The van der Waals surface area contributed by atoms with Crippen LogP contribution in [0.3, 0.4) is 0 Å². The van der Waals surface area contributed by atoms with E-state index in [1.165, 1.54) is 48.5 Å². The van der Waals surface area contributed by atoms with Crippen LogP contribution in [0.5, 0.6) is 11.5 Å². The summed E-state index contributed by atoms with van der Waals surface area (Å²) in [6.45, 7) is 0. The van der Waals surface area contributed by atoms with Gasteiger partial charge in [-0.25, -0.2) is 8.42 Å². The number of carboxylic acids is 1. The zero-order valence-electron chi connectivity index (χ0n) is 14.7. The van der Waals surface area contributed by atoms with Crippen molar-refractivity contribution in [2.75, 3.05) is 6.26 Å². The molecule has 0 radical (unpaired) electrons. The number of rotatable bonds is 5. The van der Waals surface area contributed by atoms with Crippen LogP contribution < -0.4 is 0 Å². The summed E-state index contributed by atoms with van der Waals surface area (Å²) in [6, 6.07) is 10.8. The average molecular weight is 400 g/mol. The van der Waals surface area contributed by atoms with Crippen LogP contribution in [0.2, 0.25) is 0 Å². The van der Waals surface area contributed by atoms with Crippen molar-refractivity contribution in [3.8, 4) is 11.5 Å². The second-order valence-electron chi connectivity index (χ2n) is 6.40. The summed E-state index contributed by atoms with van der Waals surface area (Å²) in [6.07, 6.45) is 0.729. The highest BCUT2D eigenvalue weighted by Gasteiger charge is 2.18. The molecule has 7 nitrogen and oxygen atoms in total. The monoisotopic (exact) mass is 400 g/mol. The lowest BCUT2D eigenvalue weighted by molar-refractivity contribution is -0.136. The van der Waals surface area contributed by atoms with Crippen LogP contribution in [0.25, 0.3) is 10.8 Å². The Bertz CT molecular complexity index is 1210. The summed E-state index contributed by atoms with van der Waals surface area (Å²) in [4.78, 5) is 24.2. The minimum Gasteiger partial charge on any atom is -0.504 e. The van der Waals surface area contributed by atoms with E-state index in [1.54, 1.807) is 0 Å². The molecule has 0 bridgehead atoms. The van der Waals surface area contributed by atoms with E-state index < -0.39 is 33.1 Å². The van der Waals surface area contributed by atoms with Gasteiger partial charge in [0.05, 0.1) is 11.3 Å². The summed E-state index contributed by atoms with van der Waals surface area (Å²) < 4.78 is 23.2. The molecule has 3 rings (SSSR count). The maximum absolute atomic E-state index is 13.0. The summed E-state index contributed by atoms with van der Waals surface area (Å²) in [5.41, 5.74) is 0.686. The second-order valence-corrected chi connectivity index (χ2v) is 8.42. The Labute approximate surface area is 160 Å². The molecule has 0 fully saturated rings. The third-order valence-electron chi connectivity index (χ3n) is 4.25. The van der Waals surface area contributed by atoms with E-state index in [4.69, 9.17) is 5.11 Å². The molecule has 0 atom stereocenters. The Balaban J connectivity index is 2.18. The molecule has 0 aliphatic carbocycles. The molecule has 0 saturated carbocycles. The molecule has 0 aliphatic rings. The topological polar surface area (TPSA) is 129 Å². The largest absolute Gasteiger partial charge is 0.504 e. The maximum Gasteiger partial charge on any atom is 0.307 e. The first-order chi connectivity index (χ1) is 13.1. The van der Waals surface area contributed by atoms with E-state index in [2.05, 4.69) is 0 Å². The smallest absolute Gasteiger partial charge is 0.307 e. The van der Waals surface area contributed by atoms with Crippen molar-refractivity contribution in [2.45, 2.75) is 11.3 Å². The number of benzene rings is 3. The number of carbonyl (C=O) groups excluding carboxylic acids is 1. The van der Waals surface area contributed by atoms with Gasteiger partial charge >= 0.3 is 5.97 Å². The number of carbonyl (C=O) groups is 2. The fourth-order valence-electron chi connectivity index (χ4n) is 2.92. The summed E-state index contributed by atoms with van der Waals surface area (Å²) >= 11 is 0. The van der Waals surface area contributed by atoms with Crippen LogP contribution in [-0.4, -0.2) is 41.7 Å². The van der Waals surface area contributed by atoms with Gasteiger partial charge in [-0.2, -0.15) is 0 Å². The Morgan fingerprint density at radius 3 is 2.11 bits per heavy atom. The first-order valence-corrected chi connectivity index (χ1v) is 10.0. The van der Waals surface area contributed by atoms with E-state index in [-0.39, 0.29) is 22.4 Å². The Kier molecular flexibility index (Phi) is 4.82. The van der Waals surface area contributed by atoms with Gasteiger partial charge in [-0.1, -0.05) is 6.07 Å². The number of aromatic hydroxyl groups is 2. The molecule has 0 aliphatic heterocycles. The van der Waals surface area contributed by atoms with Gasteiger partial charge < -0.3 is 15.3 Å². The van der Waals surface area contributed by atoms with Crippen molar-refractivity contribution in [3.05, 3.63) is 65.2 Å². The zero-order valence-corrected chi connectivity index (χ0v) is 15.5. The van der Waals surface area contributed by atoms with Gasteiger partial charge in [0.1, 0.15) is 0 Å². The predicted octanol–water partition coefficient (Wildman–Crippen LogP) is 2.51. The van der Waals surface area contributed by atoms with Crippen LogP contribution in [-0.2, 0) is 21.1 Å². The van der Waals surface area contributed by atoms with E-state index in [9.17, 15) is 28.2 Å². The molecule has 0 spiro atoms. The number of phenolic OH excluding ortho intramolecular Hbond substituents is 2. The molecule has 0 heterocycles. The minimum absolute atomic E-state index is 0.0658. The van der Waals surface area contributed by atoms with E-state index in [1.807, 2.05) is 0 Å². The lowest BCUT2D eigenvalue weighted by atomic mass is 9.93. The van der Waals surface area contributed by atoms with Gasteiger partial charge in [-0.05, 0) is 58.8 Å². The molecular weight excluding hydrogens is 384 g/mol. The van der Waals surface area contributed by atoms with Crippen LogP contribution in [0, 0.1) is 0 Å². The third kappa shape index (κ3) is 3.81. The van der Waals surface area contributed by atoms with Crippen LogP contribution in [0.1, 0.15) is 21.5 Å². The number of carboxylic acid groups (broad SMARTS) is 1. The highest BCUT2D eigenvalue weighted by Crippen LogP contribution is 2.34. The number of hydrogen-bond donors (Lipinski definition) is 3. The van der Waals surface area contributed by atoms with Gasteiger partial charge in [0, 0.05) is 17.4 Å². The number of fused-ring (bicyclic) bond motifs is 1. The van der Waals surface area contributed by atoms with Gasteiger partial charge in [0.2, 0.25) is 0 Å². The second kappa shape index (κ2) is 6.97. The molecule has 0 saturated heterocycles. The standard InChI is InChI=1S/C20H16O7S/c1-28(26,27)14-4-2-12(3-5-14)20(25)16-7-11(8-19(23)24)6-13-9-17(21)18(22)10-15(13)16/h2-7,9-10,21-22H,8H2,1H3,(H,23,24). The predicted molar refractivity (Wildman–Crippen MR) is 102 cm³/mol. The minimum atomic E-state index is -3.41. The number of hydrogen-bond acceptors (Lipinski definition) is 6. The number of phenols is 2. The molecule has 3 N–H and O–H groups in total. The van der Waals surface area contributed by atoms with E-state index in [0.717, 1.165) is 6.26 Å². The SMILES string of the molecule is CS(=O)(=O)c1ccc(C(=O)c2cc(CC(=O)O)cc3cc(O)c(O)cc23)cc1. The van der Waals surface area contributed by atoms with Crippen molar-refractivity contribution in [2.24, 2.45) is 0 Å². The van der Waals surface area contributed by atoms with Crippen molar-refractivity contribution < 1.29 is 33.3 Å². The average Bonchev–Trinajstić information content (AvgIpc) is 2.61. The van der Waals surface area contributed by atoms with Gasteiger partial charge in [-0.3, -0.25) is 9.59 Å². The van der Waals surface area contributed by atoms with Crippen molar-refractivity contribution in [1.82, 2.24) is 0 Å². The van der Waals surface area contributed by atoms with Gasteiger partial charge in [-0.15, -0.1) is 0 Å². The van der Waals surface area contributed by atoms with Gasteiger partial charge in [0.25, 0.3) is 0 Å². The number of aliphatic carboxylic acids is 1. The first-order valence-electron chi connectivity index (χ1n) is 8.11. The van der Waals surface area contributed by atoms with Crippen LogP contribution in [0.4, 0.5) is 0 Å². The molecule has 144 valence electrons. The molecule has 0 unspecified atom stereocenters. The normalized spacial score (nSPS) is 11.5. The Morgan fingerprint density at radius 2 is 1.54 bits per heavy atom. The number of sulfone groups is 1. The Hall–Kier alpha value is -3.39. The first kappa shape index (κ1) is 19.4. The molecule has 0 amide bonds. The Morgan fingerprint density at radius 1 is 0.929 bits per heavy atom. The highest BCUT2D eigenvalue weighted by molar-refractivity contribution is 7.90. The summed E-state index contributed by atoms with van der Waals surface area (Å²) in [7, 11) is -3.41. The molecular formula is C20H16O7S. The lowest BCUT2D eigenvalue weighted by Crippen LogP contribution is -2.06. The summed E-state index contributed by atoms with van der Waals surface area (Å²) in [5, 5.41) is 29.3. The van der Waals surface area contributed by atoms with Crippen LogP contribution >= 0.6 is 0 Å². The van der Waals surface area contributed by atoms with Crippen molar-refractivity contribution in [1.29, 1.82) is 0 Å². The fourth-order valence-corrected chi connectivity index (χ4v) is 3.55. The third-order valence-corrected chi connectivity index (χ3v) is 5.38. The van der Waals surface area contributed by atoms with Crippen molar-refractivity contribution >= 4 is 32.4 Å². The molecule has 28 heavy (non-hydrogen) atoms. The molecule has 3 aromatic rings. The lowest BCUT2D eigenvalue weighted by Gasteiger charge is -2.11. The van der Waals surface area contributed by atoms with Crippen LogP contribution in [0.15, 0.2) is 53.4 Å². The maximum atomic E-state index is 13.0. The summed E-state index contributed by atoms with van der Waals surface area (Å²) in [5.74, 6) is -2.36. The van der Waals surface area contributed by atoms with Gasteiger partial charge in [0.15, 0.2) is 27.1 Å².